The molecule has 8 nitrogen and oxygen atoms in total. The molecule has 2 amide bonds. The minimum atomic E-state index is -0.742. The fourth-order valence-electron chi connectivity index (χ4n) is 5.69. The summed E-state index contributed by atoms with van der Waals surface area (Å²) >= 11 is 0. The summed E-state index contributed by atoms with van der Waals surface area (Å²) in [6.45, 7) is 1.67. The molecule has 0 aliphatic heterocycles. The van der Waals surface area contributed by atoms with Crippen LogP contribution in [0.4, 0.5) is 11.4 Å². The van der Waals surface area contributed by atoms with Crippen molar-refractivity contribution < 1.29 is 9.59 Å². The van der Waals surface area contributed by atoms with Crippen LogP contribution in [0, 0.1) is 0 Å². The number of pyridine rings is 1. The van der Waals surface area contributed by atoms with Crippen LogP contribution in [-0.2, 0) is 4.79 Å². The summed E-state index contributed by atoms with van der Waals surface area (Å²) < 4.78 is 1.94. The molecule has 8 heteroatoms. The van der Waals surface area contributed by atoms with Crippen LogP contribution >= 0.6 is 0 Å². The fourth-order valence-corrected chi connectivity index (χ4v) is 5.69. The predicted molar refractivity (Wildman–Crippen MR) is 167 cm³/mol. The van der Waals surface area contributed by atoms with Gasteiger partial charge in [-0.05, 0) is 79.4 Å². The third-order valence-electron chi connectivity index (χ3n) is 7.97. The van der Waals surface area contributed by atoms with Crippen molar-refractivity contribution in [1.82, 2.24) is 20.1 Å². The van der Waals surface area contributed by atoms with Gasteiger partial charge in [-0.1, -0.05) is 55.7 Å². The quantitative estimate of drug-likeness (QED) is 0.198. The lowest BCUT2D eigenvalue weighted by Crippen LogP contribution is -2.41. The Kier molecular flexibility index (Phi) is 7.68. The van der Waals surface area contributed by atoms with E-state index in [1.807, 2.05) is 83.5 Å². The summed E-state index contributed by atoms with van der Waals surface area (Å²) in [6.07, 6.45) is 7.67. The molecule has 42 heavy (non-hydrogen) atoms. The van der Waals surface area contributed by atoms with Crippen LogP contribution < -0.4 is 16.4 Å². The number of rotatable bonds is 7. The molecule has 0 radical (unpaired) electrons. The Morgan fingerprint density at radius 1 is 0.905 bits per heavy atom. The number of hydrogen-bond donors (Lipinski definition) is 3. The standard InChI is InChI=1S/C34H34N6O2/c1-22(33(41)38-28-17-12-24(13-18-28)23-10-15-27(35)16-11-23)37-34(42)26-14-19-29-30(21-26)39-40(31-9-5-6-20-36-31)32(29)25-7-3-2-4-8-25/h5-6,9-22,25H,2-4,7-8,35H2,1H3,(H,37,42)(H,38,41)/t22-/m1/s1. The van der Waals surface area contributed by atoms with Crippen LogP contribution in [0.15, 0.2) is 91.1 Å². The molecule has 212 valence electrons. The van der Waals surface area contributed by atoms with Crippen LogP contribution in [0.3, 0.4) is 0 Å². The number of nitrogens with one attached hydrogen (secondary N) is 2. The molecule has 6 rings (SSSR count). The summed E-state index contributed by atoms with van der Waals surface area (Å²) in [6, 6.07) is 25.8. The van der Waals surface area contributed by atoms with Crippen LogP contribution in [0.25, 0.3) is 27.8 Å². The third-order valence-corrected chi connectivity index (χ3v) is 7.97. The molecule has 1 aliphatic carbocycles. The van der Waals surface area contributed by atoms with Crippen LogP contribution in [0.1, 0.15) is 61.0 Å². The lowest BCUT2D eigenvalue weighted by Gasteiger charge is -2.22. The molecule has 2 aromatic heterocycles. The molecular weight excluding hydrogens is 524 g/mol. The fraction of sp³-hybridized carbons (Fsp3) is 0.235. The topological polar surface area (TPSA) is 115 Å². The monoisotopic (exact) mass is 558 g/mol. The van der Waals surface area contributed by atoms with E-state index in [2.05, 4.69) is 15.6 Å². The van der Waals surface area contributed by atoms with E-state index in [0.717, 1.165) is 46.4 Å². The molecule has 0 bridgehead atoms. The van der Waals surface area contributed by atoms with Crippen molar-refractivity contribution in [2.24, 2.45) is 0 Å². The second-order valence-corrected chi connectivity index (χ2v) is 10.9. The highest BCUT2D eigenvalue weighted by atomic mass is 16.2. The maximum atomic E-state index is 13.2. The van der Waals surface area contributed by atoms with Gasteiger partial charge in [0.15, 0.2) is 5.82 Å². The van der Waals surface area contributed by atoms with Crippen molar-refractivity contribution in [3.8, 4) is 16.9 Å². The minimum Gasteiger partial charge on any atom is -0.399 e. The molecular formula is C34H34N6O2. The molecule has 2 heterocycles. The second-order valence-electron chi connectivity index (χ2n) is 10.9. The van der Waals surface area contributed by atoms with Crippen LogP contribution in [0.2, 0.25) is 0 Å². The van der Waals surface area contributed by atoms with Gasteiger partial charge in [-0.25, -0.2) is 9.67 Å². The van der Waals surface area contributed by atoms with Gasteiger partial charge < -0.3 is 16.4 Å². The van der Waals surface area contributed by atoms with Crippen molar-refractivity contribution in [3.05, 3.63) is 102 Å². The number of amides is 2. The van der Waals surface area contributed by atoms with Crippen LogP contribution in [-0.4, -0.2) is 32.6 Å². The molecule has 1 saturated carbocycles. The number of carbonyl (C=O) groups excluding carboxylic acids is 2. The van der Waals surface area contributed by atoms with Crippen molar-refractivity contribution in [2.45, 2.75) is 51.0 Å². The highest BCUT2D eigenvalue weighted by molar-refractivity contribution is 6.02. The number of nitrogens with zero attached hydrogens (tertiary/aromatic N) is 3. The number of nitrogens with two attached hydrogens (primary N) is 1. The Bertz CT molecular complexity index is 1710. The highest BCUT2D eigenvalue weighted by Crippen LogP contribution is 2.37. The summed E-state index contributed by atoms with van der Waals surface area (Å²) in [5, 5.41) is 11.6. The first-order valence-electron chi connectivity index (χ1n) is 14.5. The van der Waals surface area contributed by atoms with Gasteiger partial charge in [-0.3, -0.25) is 9.59 Å². The number of anilines is 2. The predicted octanol–water partition coefficient (Wildman–Crippen LogP) is 6.47. The summed E-state index contributed by atoms with van der Waals surface area (Å²) in [4.78, 5) is 30.6. The van der Waals surface area contributed by atoms with Gasteiger partial charge >= 0.3 is 0 Å². The Morgan fingerprint density at radius 2 is 1.62 bits per heavy atom. The van der Waals surface area contributed by atoms with Gasteiger partial charge in [0.1, 0.15) is 6.04 Å². The van der Waals surface area contributed by atoms with Crippen molar-refractivity contribution in [2.75, 3.05) is 11.1 Å². The van der Waals surface area contributed by atoms with Crippen LogP contribution in [0.5, 0.6) is 0 Å². The van der Waals surface area contributed by atoms with Gasteiger partial charge in [0.25, 0.3) is 5.91 Å². The molecule has 1 aliphatic rings. The third kappa shape index (κ3) is 5.74. The summed E-state index contributed by atoms with van der Waals surface area (Å²) in [7, 11) is 0. The van der Waals surface area contributed by atoms with Gasteiger partial charge in [0.05, 0.1) is 11.2 Å². The van der Waals surface area contributed by atoms with Crippen molar-refractivity contribution in [3.63, 3.8) is 0 Å². The summed E-state index contributed by atoms with van der Waals surface area (Å²) in [5.74, 6) is 0.537. The maximum Gasteiger partial charge on any atom is 0.251 e. The van der Waals surface area contributed by atoms with E-state index in [4.69, 9.17) is 10.8 Å². The molecule has 1 atom stereocenters. The van der Waals surface area contributed by atoms with Gasteiger partial charge in [0, 0.05) is 34.4 Å². The molecule has 0 spiro atoms. The molecule has 0 saturated heterocycles. The average molecular weight is 559 g/mol. The molecule has 4 N–H and O–H groups in total. The largest absolute Gasteiger partial charge is 0.399 e. The van der Waals surface area contributed by atoms with E-state index in [-0.39, 0.29) is 11.8 Å². The van der Waals surface area contributed by atoms with E-state index < -0.39 is 6.04 Å². The Morgan fingerprint density at radius 3 is 2.31 bits per heavy atom. The zero-order valence-corrected chi connectivity index (χ0v) is 23.6. The van der Waals surface area contributed by atoms with Crippen molar-refractivity contribution >= 4 is 34.1 Å². The Labute approximate surface area is 245 Å². The molecule has 3 aromatic carbocycles. The summed E-state index contributed by atoms with van der Waals surface area (Å²) in [5.41, 5.74) is 11.5. The zero-order chi connectivity index (χ0) is 29.1. The van der Waals surface area contributed by atoms with Gasteiger partial charge in [-0.2, -0.15) is 5.10 Å². The smallest absolute Gasteiger partial charge is 0.251 e. The first-order valence-corrected chi connectivity index (χ1v) is 14.5. The number of hydrogen-bond acceptors (Lipinski definition) is 5. The second kappa shape index (κ2) is 11.9. The highest BCUT2D eigenvalue weighted by Gasteiger charge is 2.25. The maximum absolute atomic E-state index is 13.2. The number of fused-ring (bicyclic) bond motifs is 1. The number of nitrogen functional groups attached to an aromatic ring is 1. The number of benzene rings is 3. The molecule has 5 aromatic rings. The lowest BCUT2D eigenvalue weighted by atomic mass is 9.85. The van der Waals surface area contributed by atoms with E-state index in [9.17, 15) is 9.59 Å². The van der Waals surface area contributed by atoms with E-state index in [1.54, 1.807) is 19.2 Å². The molecule has 1 fully saturated rings. The average Bonchev–Trinajstić information content (AvgIpc) is 3.41. The number of aromatic nitrogens is 3. The Balaban J connectivity index is 1.16. The zero-order valence-electron chi connectivity index (χ0n) is 23.6. The van der Waals surface area contributed by atoms with Gasteiger partial charge in [0.2, 0.25) is 5.91 Å². The Hall–Kier alpha value is -4.98. The normalized spacial score (nSPS) is 14.4. The SMILES string of the molecule is C[C@@H](NC(=O)c1ccc2c(C3CCCCC3)n(-c3ccccn3)nc2c1)C(=O)Nc1ccc(-c2ccc(N)cc2)cc1. The molecule has 0 unspecified atom stereocenters. The first kappa shape index (κ1) is 27.2. The van der Waals surface area contributed by atoms with E-state index in [1.165, 1.54) is 19.3 Å². The van der Waals surface area contributed by atoms with E-state index >= 15 is 0 Å². The van der Waals surface area contributed by atoms with Gasteiger partial charge in [-0.15, -0.1) is 0 Å². The first-order chi connectivity index (χ1) is 20.5. The van der Waals surface area contributed by atoms with Crippen molar-refractivity contribution in [1.29, 1.82) is 0 Å². The lowest BCUT2D eigenvalue weighted by molar-refractivity contribution is -0.117. The number of carbonyl (C=O) groups is 2. The van der Waals surface area contributed by atoms with E-state index in [0.29, 0.717) is 22.9 Å². The minimum absolute atomic E-state index is 0.302.